The molecule has 1 N–H and O–H groups in total. The van der Waals surface area contributed by atoms with Crippen LogP contribution in [0.5, 0.6) is 5.75 Å². The highest BCUT2D eigenvalue weighted by molar-refractivity contribution is 5.35. The van der Waals surface area contributed by atoms with Crippen molar-refractivity contribution in [1.29, 1.82) is 0 Å². The van der Waals surface area contributed by atoms with Gasteiger partial charge in [0.2, 0.25) is 0 Å². The summed E-state index contributed by atoms with van der Waals surface area (Å²) in [5.41, 5.74) is -0.361. The van der Waals surface area contributed by atoms with Gasteiger partial charge in [0.1, 0.15) is 5.75 Å². The number of phenols is 1. The number of hydrogen-bond donors (Lipinski definition) is 1. The zero-order chi connectivity index (χ0) is 11.1. The first-order chi connectivity index (χ1) is 6.96. The van der Waals surface area contributed by atoms with Crippen molar-refractivity contribution in [3.8, 4) is 5.75 Å². The molecular formula is C12H14F2O. The molecule has 0 amide bonds. The van der Waals surface area contributed by atoms with Crippen LogP contribution in [0.3, 0.4) is 0 Å². The standard InChI is InChI=1S/C12H14F2O/c1-11(13,14)12(7-2-8-12)9-3-5-10(15)6-4-9/h3-6,15H,2,7-8H2,1H3. The Bertz CT molecular complexity index is 347. The van der Waals surface area contributed by atoms with Crippen LogP contribution >= 0.6 is 0 Å². The van der Waals surface area contributed by atoms with Crippen LogP contribution in [-0.4, -0.2) is 11.0 Å². The van der Waals surface area contributed by atoms with Gasteiger partial charge >= 0.3 is 0 Å². The minimum Gasteiger partial charge on any atom is -0.508 e. The number of aromatic hydroxyl groups is 1. The average Bonchev–Trinajstić information content (AvgIpc) is 2.03. The zero-order valence-corrected chi connectivity index (χ0v) is 8.63. The van der Waals surface area contributed by atoms with Gasteiger partial charge in [0, 0.05) is 6.92 Å². The molecule has 0 saturated heterocycles. The van der Waals surface area contributed by atoms with Crippen molar-refractivity contribution in [2.24, 2.45) is 0 Å². The Morgan fingerprint density at radius 3 is 2.07 bits per heavy atom. The van der Waals surface area contributed by atoms with E-state index in [1.165, 1.54) is 12.1 Å². The molecule has 0 spiro atoms. The number of halogens is 2. The van der Waals surface area contributed by atoms with Gasteiger partial charge < -0.3 is 5.11 Å². The lowest BCUT2D eigenvalue weighted by molar-refractivity contribution is -0.0969. The summed E-state index contributed by atoms with van der Waals surface area (Å²) < 4.78 is 27.1. The van der Waals surface area contributed by atoms with Gasteiger partial charge in [0.25, 0.3) is 5.92 Å². The molecule has 1 aromatic rings. The predicted octanol–water partition coefficient (Wildman–Crippen LogP) is 3.47. The molecule has 1 fully saturated rings. The van der Waals surface area contributed by atoms with Gasteiger partial charge in [0.15, 0.2) is 0 Å². The van der Waals surface area contributed by atoms with E-state index in [4.69, 9.17) is 5.11 Å². The van der Waals surface area contributed by atoms with Crippen LogP contribution in [0.2, 0.25) is 0 Å². The van der Waals surface area contributed by atoms with Gasteiger partial charge in [-0.3, -0.25) is 0 Å². The second-order valence-electron chi connectivity index (χ2n) is 4.37. The maximum absolute atomic E-state index is 13.5. The number of hydrogen-bond acceptors (Lipinski definition) is 1. The molecule has 0 heterocycles. The average molecular weight is 212 g/mol. The fraction of sp³-hybridized carbons (Fsp3) is 0.500. The monoisotopic (exact) mass is 212 g/mol. The lowest BCUT2D eigenvalue weighted by Gasteiger charge is -2.46. The second-order valence-corrected chi connectivity index (χ2v) is 4.37. The van der Waals surface area contributed by atoms with Crippen molar-refractivity contribution in [3.63, 3.8) is 0 Å². The maximum atomic E-state index is 13.5. The Labute approximate surface area is 87.7 Å². The van der Waals surface area contributed by atoms with Gasteiger partial charge in [-0.15, -0.1) is 0 Å². The normalized spacial score (nSPS) is 19.7. The summed E-state index contributed by atoms with van der Waals surface area (Å²) in [5.74, 6) is -2.57. The first-order valence-corrected chi connectivity index (χ1v) is 5.13. The molecule has 1 nitrogen and oxygen atoms in total. The summed E-state index contributed by atoms with van der Waals surface area (Å²) in [6.07, 6.45) is 1.91. The largest absolute Gasteiger partial charge is 0.508 e. The minimum atomic E-state index is -2.69. The first kappa shape index (κ1) is 10.4. The topological polar surface area (TPSA) is 20.2 Å². The van der Waals surface area contributed by atoms with Crippen LogP contribution in [0.15, 0.2) is 24.3 Å². The van der Waals surface area contributed by atoms with Gasteiger partial charge in [0.05, 0.1) is 5.41 Å². The molecule has 0 unspecified atom stereocenters. The van der Waals surface area contributed by atoms with Crippen molar-refractivity contribution in [2.45, 2.75) is 37.5 Å². The molecule has 1 aromatic carbocycles. The summed E-state index contributed by atoms with van der Waals surface area (Å²) in [5, 5.41) is 9.13. The van der Waals surface area contributed by atoms with Crippen LogP contribution in [0.1, 0.15) is 31.7 Å². The van der Waals surface area contributed by atoms with Crippen LogP contribution in [-0.2, 0) is 5.41 Å². The first-order valence-electron chi connectivity index (χ1n) is 5.13. The highest BCUT2D eigenvalue weighted by Gasteiger charge is 2.54. The number of benzene rings is 1. The third-order valence-electron chi connectivity index (χ3n) is 3.47. The lowest BCUT2D eigenvalue weighted by Crippen LogP contribution is -2.48. The molecule has 1 aliphatic carbocycles. The molecule has 15 heavy (non-hydrogen) atoms. The molecule has 0 aromatic heterocycles. The van der Waals surface area contributed by atoms with E-state index >= 15 is 0 Å². The second kappa shape index (κ2) is 3.19. The predicted molar refractivity (Wildman–Crippen MR) is 54.3 cm³/mol. The van der Waals surface area contributed by atoms with E-state index in [0.717, 1.165) is 13.3 Å². The highest BCUT2D eigenvalue weighted by atomic mass is 19.3. The summed E-state index contributed by atoms with van der Waals surface area (Å²) in [6, 6.07) is 6.15. The summed E-state index contributed by atoms with van der Waals surface area (Å²) in [6.45, 7) is 0.985. The Morgan fingerprint density at radius 1 is 1.20 bits per heavy atom. The molecule has 0 radical (unpaired) electrons. The third kappa shape index (κ3) is 1.50. The molecule has 0 atom stereocenters. The van der Waals surface area contributed by atoms with Crippen molar-refractivity contribution in [2.75, 3.05) is 0 Å². The minimum absolute atomic E-state index is 0.118. The molecule has 0 aliphatic heterocycles. The quantitative estimate of drug-likeness (QED) is 0.795. The van der Waals surface area contributed by atoms with Crippen molar-refractivity contribution < 1.29 is 13.9 Å². The van der Waals surface area contributed by atoms with Gasteiger partial charge in [-0.2, -0.15) is 0 Å². The van der Waals surface area contributed by atoms with E-state index in [1.807, 2.05) is 0 Å². The molecule has 0 bridgehead atoms. The molecule has 1 aliphatic rings. The fourth-order valence-corrected chi connectivity index (χ4v) is 2.29. The SMILES string of the molecule is CC(F)(F)C1(c2ccc(O)cc2)CCC1. The van der Waals surface area contributed by atoms with Crippen LogP contribution in [0.4, 0.5) is 8.78 Å². The summed E-state index contributed by atoms with van der Waals surface area (Å²) >= 11 is 0. The molecule has 1 saturated carbocycles. The van der Waals surface area contributed by atoms with Crippen molar-refractivity contribution >= 4 is 0 Å². The Hall–Kier alpha value is -1.12. The number of phenolic OH excluding ortho intramolecular Hbond substituents is 1. The molecule has 2 rings (SSSR count). The Balaban J connectivity index is 2.39. The van der Waals surface area contributed by atoms with E-state index in [9.17, 15) is 8.78 Å². The molecular weight excluding hydrogens is 198 g/mol. The van der Waals surface area contributed by atoms with Crippen molar-refractivity contribution in [3.05, 3.63) is 29.8 Å². The van der Waals surface area contributed by atoms with Crippen molar-refractivity contribution in [1.82, 2.24) is 0 Å². The van der Waals surface area contributed by atoms with Gasteiger partial charge in [-0.25, -0.2) is 8.78 Å². The fourth-order valence-electron chi connectivity index (χ4n) is 2.29. The highest BCUT2D eigenvalue weighted by Crippen LogP contribution is 2.53. The van der Waals surface area contributed by atoms with Gasteiger partial charge in [-0.05, 0) is 30.5 Å². The van der Waals surface area contributed by atoms with E-state index in [1.54, 1.807) is 12.1 Å². The number of alkyl halides is 2. The van der Waals surface area contributed by atoms with E-state index in [-0.39, 0.29) is 5.75 Å². The summed E-state index contributed by atoms with van der Waals surface area (Å²) in [7, 11) is 0. The van der Waals surface area contributed by atoms with E-state index in [2.05, 4.69) is 0 Å². The molecule has 3 heteroatoms. The number of rotatable bonds is 2. The zero-order valence-electron chi connectivity index (χ0n) is 8.63. The third-order valence-corrected chi connectivity index (χ3v) is 3.47. The Morgan fingerprint density at radius 2 is 1.73 bits per heavy atom. The maximum Gasteiger partial charge on any atom is 0.254 e. The van der Waals surface area contributed by atoms with Crippen LogP contribution in [0.25, 0.3) is 0 Å². The Kier molecular flexibility index (Phi) is 2.21. The summed E-state index contributed by atoms with van der Waals surface area (Å²) in [4.78, 5) is 0. The van der Waals surface area contributed by atoms with E-state index < -0.39 is 11.3 Å². The smallest absolute Gasteiger partial charge is 0.254 e. The van der Waals surface area contributed by atoms with Gasteiger partial charge in [-0.1, -0.05) is 18.6 Å². The van der Waals surface area contributed by atoms with Crippen LogP contribution < -0.4 is 0 Å². The molecule has 82 valence electrons. The van der Waals surface area contributed by atoms with Crippen LogP contribution in [0, 0.1) is 0 Å². The van der Waals surface area contributed by atoms with E-state index in [0.29, 0.717) is 18.4 Å². The lowest BCUT2D eigenvalue weighted by atomic mass is 9.61.